The summed E-state index contributed by atoms with van der Waals surface area (Å²) in [5.74, 6) is 0.343. The molecule has 0 bridgehead atoms. The second-order valence-corrected chi connectivity index (χ2v) is 11.8. The molecule has 7 nitrogen and oxygen atoms in total. The topological polar surface area (TPSA) is 75.9 Å². The van der Waals surface area contributed by atoms with Crippen molar-refractivity contribution in [1.29, 1.82) is 0 Å². The lowest BCUT2D eigenvalue weighted by molar-refractivity contribution is -0.122. The van der Waals surface area contributed by atoms with Gasteiger partial charge in [-0.1, -0.05) is 94.8 Å². The average Bonchev–Trinajstić information content (AvgIpc) is 3.54. The van der Waals surface area contributed by atoms with Crippen LogP contribution in [0.2, 0.25) is 0 Å². The van der Waals surface area contributed by atoms with Gasteiger partial charge >= 0.3 is 0 Å². The number of hydrogen-bond donors (Lipinski definition) is 1. The van der Waals surface area contributed by atoms with E-state index in [2.05, 4.69) is 12.2 Å². The van der Waals surface area contributed by atoms with Gasteiger partial charge in [-0.3, -0.25) is 18.9 Å². The largest absolute Gasteiger partial charge is 0.376 e. The summed E-state index contributed by atoms with van der Waals surface area (Å²) in [5.41, 5.74) is 0.703. The number of ether oxygens (including phenoxy) is 1. The molecule has 2 aliphatic heterocycles. The Morgan fingerprint density at radius 2 is 1.84 bits per heavy atom. The number of fused-ring (bicyclic) bond motifs is 1. The number of hydrogen-bond acceptors (Lipinski definition) is 7. The van der Waals surface area contributed by atoms with Crippen LogP contribution < -0.4 is 10.9 Å². The monoisotopic (exact) mass is 556 g/mol. The fraction of sp³-hybridized carbons (Fsp3) is 0.586. The number of unbranched alkanes of at least 4 members (excludes halogenated alkanes) is 9. The maximum Gasteiger partial charge on any atom is 0.267 e. The Bertz CT molecular complexity index is 1190. The van der Waals surface area contributed by atoms with Gasteiger partial charge in [0.1, 0.15) is 15.8 Å². The Morgan fingerprint density at radius 3 is 2.55 bits per heavy atom. The van der Waals surface area contributed by atoms with Crippen LogP contribution in [0.25, 0.3) is 11.7 Å². The van der Waals surface area contributed by atoms with Gasteiger partial charge in [0.25, 0.3) is 11.5 Å². The number of rotatable bonds is 15. The lowest BCUT2D eigenvalue weighted by Crippen LogP contribution is -2.29. The van der Waals surface area contributed by atoms with E-state index in [4.69, 9.17) is 21.9 Å². The van der Waals surface area contributed by atoms with Crippen molar-refractivity contribution in [1.82, 2.24) is 14.3 Å². The predicted octanol–water partition coefficient (Wildman–Crippen LogP) is 6.41. The van der Waals surface area contributed by atoms with E-state index in [9.17, 15) is 9.59 Å². The Labute approximate surface area is 235 Å². The summed E-state index contributed by atoms with van der Waals surface area (Å²) in [6.07, 6.45) is 17.9. The zero-order chi connectivity index (χ0) is 26.7. The van der Waals surface area contributed by atoms with Crippen molar-refractivity contribution < 1.29 is 9.53 Å². The number of thioether (sulfide) groups is 1. The minimum Gasteiger partial charge on any atom is -0.376 e. The molecule has 9 heteroatoms. The summed E-state index contributed by atoms with van der Waals surface area (Å²) < 4.78 is 7.79. The highest BCUT2D eigenvalue weighted by atomic mass is 32.2. The molecule has 38 heavy (non-hydrogen) atoms. The molecule has 4 rings (SSSR count). The normalized spacial score (nSPS) is 18.8. The van der Waals surface area contributed by atoms with Gasteiger partial charge in [-0.05, 0) is 37.5 Å². The number of amides is 1. The van der Waals surface area contributed by atoms with Crippen LogP contribution in [0.15, 0.2) is 34.1 Å². The highest BCUT2D eigenvalue weighted by molar-refractivity contribution is 8.26. The van der Waals surface area contributed by atoms with Gasteiger partial charge < -0.3 is 10.1 Å². The summed E-state index contributed by atoms with van der Waals surface area (Å²) in [7, 11) is 0. The van der Waals surface area contributed by atoms with Gasteiger partial charge in [0.15, 0.2) is 0 Å². The van der Waals surface area contributed by atoms with Gasteiger partial charge in [0, 0.05) is 25.9 Å². The molecule has 1 unspecified atom stereocenters. The van der Waals surface area contributed by atoms with E-state index in [1.54, 1.807) is 29.3 Å². The molecule has 206 valence electrons. The molecule has 2 aliphatic rings. The van der Waals surface area contributed by atoms with Crippen LogP contribution in [0, 0.1) is 0 Å². The SMILES string of the molecule is CCCCCCCCCCCCN1C(=O)C(=Cc2c(NCC3CCCO3)nc3ccccn3c2=O)SC1=S. The third-order valence-electron chi connectivity index (χ3n) is 7.17. The van der Waals surface area contributed by atoms with Crippen molar-refractivity contribution in [3.8, 4) is 0 Å². The molecular formula is C29H40N4O3S2. The number of aromatic nitrogens is 2. The number of carbonyl (C=O) groups excluding carboxylic acids is 1. The van der Waals surface area contributed by atoms with E-state index in [0.717, 1.165) is 32.3 Å². The first-order valence-electron chi connectivity index (χ1n) is 14.2. The first-order chi connectivity index (χ1) is 18.6. The fourth-order valence-electron chi connectivity index (χ4n) is 4.96. The van der Waals surface area contributed by atoms with Crippen LogP contribution in [0.3, 0.4) is 0 Å². The number of pyridine rings is 1. The van der Waals surface area contributed by atoms with Crippen molar-refractivity contribution in [2.24, 2.45) is 0 Å². The van der Waals surface area contributed by atoms with Gasteiger partial charge in [0.2, 0.25) is 0 Å². The van der Waals surface area contributed by atoms with Gasteiger partial charge in [0.05, 0.1) is 16.6 Å². The van der Waals surface area contributed by atoms with E-state index >= 15 is 0 Å². The van der Waals surface area contributed by atoms with E-state index in [1.807, 2.05) is 6.07 Å². The van der Waals surface area contributed by atoms with Crippen LogP contribution in [0.5, 0.6) is 0 Å². The molecular weight excluding hydrogens is 516 g/mol. The molecule has 4 heterocycles. The Kier molecular flexibility index (Phi) is 11.2. The molecule has 0 radical (unpaired) electrons. The predicted molar refractivity (Wildman–Crippen MR) is 161 cm³/mol. The fourth-order valence-corrected chi connectivity index (χ4v) is 6.25. The average molecular weight is 557 g/mol. The number of anilines is 1. The molecule has 2 aromatic rings. The zero-order valence-corrected chi connectivity index (χ0v) is 24.1. The third kappa shape index (κ3) is 7.67. The lowest BCUT2D eigenvalue weighted by atomic mass is 10.1. The number of nitrogens with zero attached hydrogens (tertiary/aromatic N) is 3. The minimum atomic E-state index is -0.217. The smallest absolute Gasteiger partial charge is 0.267 e. The standard InChI is InChI=1S/C29H40N4O3S2/c1-2-3-4-5-6-7-8-9-10-12-18-33-28(35)24(38-29(33)37)20-23-26(30-21-22-15-14-19-36-22)31-25-16-11-13-17-32(25)27(23)34/h11,13,16-17,20,22,30H,2-10,12,14-15,18-19,21H2,1H3. The van der Waals surface area contributed by atoms with Crippen LogP contribution in [-0.4, -0.2) is 50.3 Å². The van der Waals surface area contributed by atoms with E-state index in [-0.39, 0.29) is 17.6 Å². The summed E-state index contributed by atoms with van der Waals surface area (Å²) in [6, 6.07) is 5.45. The van der Waals surface area contributed by atoms with Gasteiger partial charge in [-0.25, -0.2) is 4.98 Å². The molecule has 1 amide bonds. The number of thiocarbonyl (C=S) groups is 1. The molecule has 0 aliphatic carbocycles. The number of carbonyl (C=O) groups is 1. The van der Waals surface area contributed by atoms with Crippen LogP contribution in [-0.2, 0) is 9.53 Å². The summed E-state index contributed by atoms with van der Waals surface area (Å²) in [6.45, 7) is 4.19. The Morgan fingerprint density at radius 1 is 1.11 bits per heavy atom. The van der Waals surface area contributed by atoms with Crippen LogP contribution in [0.1, 0.15) is 89.5 Å². The van der Waals surface area contributed by atoms with Crippen LogP contribution in [0.4, 0.5) is 5.82 Å². The molecule has 0 saturated carbocycles. The first-order valence-corrected chi connectivity index (χ1v) is 15.4. The van der Waals surface area contributed by atoms with E-state index in [1.165, 1.54) is 67.5 Å². The van der Waals surface area contributed by atoms with Crippen molar-refractivity contribution >= 4 is 51.7 Å². The quantitative estimate of drug-likeness (QED) is 0.154. The summed E-state index contributed by atoms with van der Waals surface area (Å²) >= 11 is 6.81. The second kappa shape index (κ2) is 14.8. The molecule has 1 N–H and O–H groups in total. The van der Waals surface area contributed by atoms with Gasteiger partial charge in [-0.15, -0.1) is 0 Å². The maximum absolute atomic E-state index is 13.4. The van der Waals surface area contributed by atoms with E-state index < -0.39 is 0 Å². The van der Waals surface area contributed by atoms with Crippen molar-refractivity contribution in [3.05, 3.63) is 45.2 Å². The van der Waals surface area contributed by atoms with Gasteiger partial charge in [-0.2, -0.15) is 0 Å². The minimum absolute atomic E-state index is 0.0955. The van der Waals surface area contributed by atoms with Crippen LogP contribution >= 0.6 is 24.0 Å². The van der Waals surface area contributed by atoms with E-state index in [0.29, 0.717) is 39.3 Å². The molecule has 2 aromatic heterocycles. The Balaban J connectivity index is 1.38. The molecule has 0 aromatic carbocycles. The Hall–Kier alpha value is -2.23. The highest BCUT2D eigenvalue weighted by Gasteiger charge is 2.32. The highest BCUT2D eigenvalue weighted by Crippen LogP contribution is 2.33. The summed E-state index contributed by atoms with van der Waals surface area (Å²) in [5, 5.41) is 3.31. The first kappa shape index (κ1) is 28.8. The zero-order valence-electron chi connectivity index (χ0n) is 22.5. The molecule has 2 fully saturated rings. The number of nitrogens with one attached hydrogen (secondary N) is 1. The molecule has 0 spiro atoms. The molecule has 1 atom stereocenters. The van der Waals surface area contributed by atoms with Crippen molar-refractivity contribution in [2.45, 2.75) is 90.1 Å². The third-order valence-corrected chi connectivity index (χ3v) is 8.55. The summed E-state index contributed by atoms with van der Waals surface area (Å²) in [4.78, 5) is 33.5. The van der Waals surface area contributed by atoms with Crippen molar-refractivity contribution in [3.63, 3.8) is 0 Å². The molecule has 2 saturated heterocycles. The maximum atomic E-state index is 13.4. The lowest BCUT2D eigenvalue weighted by Gasteiger charge is -2.15. The second-order valence-electron chi connectivity index (χ2n) is 10.1. The van der Waals surface area contributed by atoms with Crippen molar-refractivity contribution in [2.75, 3.05) is 25.0 Å².